The molecule has 0 amide bonds. The van der Waals surface area contributed by atoms with E-state index in [1.54, 1.807) is 18.2 Å². The second kappa shape index (κ2) is 10.4. The summed E-state index contributed by atoms with van der Waals surface area (Å²) in [6.45, 7) is 0.373. The quantitative estimate of drug-likeness (QED) is 0.118. The zero-order valence-corrected chi connectivity index (χ0v) is 22.4. The highest BCUT2D eigenvalue weighted by Gasteiger charge is 2.26. The monoisotopic (exact) mass is 668 g/mol. The first-order valence-corrected chi connectivity index (χ1v) is 12.3. The molecule has 7 nitrogen and oxygen atoms in total. The average Bonchev–Trinajstić information content (AvgIpc) is 3.14. The summed E-state index contributed by atoms with van der Waals surface area (Å²) >= 11 is 16.3. The van der Waals surface area contributed by atoms with Gasteiger partial charge in [0.2, 0.25) is 5.90 Å². The van der Waals surface area contributed by atoms with Crippen LogP contribution in [0.4, 0.5) is 5.69 Å². The Morgan fingerprint density at radius 2 is 1.74 bits per heavy atom. The summed E-state index contributed by atoms with van der Waals surface area (Å²) in [5.41, 5.74) is 1.68. The Balaban J connectivity index is 1.57. The number of esters is 1. The van der Waals surface area contributed by atoms with Gasteiger partial charge in [-0.15, -0.1) is 0 Å². The number of nitrogens with zero attached hydrogens (tertiary/aromatic N) is 2. The van der Waals surface area contributed by atoms with Crippen LogP contribution in [-0.2, 0) is 16.1 Å². The van der Waals surface area contributed by atoms with Crippen LogP contribution in [-0.4, -0.2) is 16.8 Å². The maximum atomic E-state index is 12.4. The summed E-state index contributed by atoms with van der Waals surface area (Å²) < 4.78 is 13.5. The molecule has 11 heteroatoms. The normalized spacial score (nSPS) is 14.2. The summed E-state index contributed by atoms with van der Waals surface area (Å²) in [5.74, 6) is -0.101. The Kier molecular flexibility index (Phi) is 7.51. The van der Waals surface area contributed by atoms with Gasteiger partial charge in [-0.05, 0) is 85.5 Å². The van der Waals surface area contributed by atoms with Crippen molar-refractivity contribution in [3.8, 4) is 5.75 Å². The van der Waals surface area contributed by atoms with Gasteiger partial charge in [-0.1, -0.05) is 39.7 Å². The minimum absolute atomic E-state index is 0.0217. The number of nitro benzene ring substituents is 1. The number of cyclic esters (lactones) is 1. The number of benzene rings is 3. The van der Waals surface area contributed by atoms with E-state index in [9.17, 15) is 14.9 Å². The van der Waals surface area contributed by atoms with Crippen LogP contribution in [0.15, 0.2) is 78.7 Å². The van der Waals surface area contributed by atoms with Crippen LogP contribution >= 0.6 is 59.4 Å². The second-order valence-electron chi connectivity index (χ2n) is 6.99. The summed E-state index contributed by atoms with van der Waals surface area (Å²) in [4.78, 5) is 27.1. The number of carbonyl (C=O) groups excluding carboxylic acids is 1. The van der Waals surface area contributed by atoms with Gasteiger partial charge in [0.05, 0.1) is 13.9 Å². The van der Waals surface area contributed by atoms with Crippen LogP contribution in [0, 0.1) is 10.1 Å². The van der Waals surface area contributed by atoms with E-state index in [2.05, 4.69) is 52.8 Å². The molecule has 34 heavy (non-hydrogen) atoms. The molecule has 3 aromatic rings. The van der Waals surface area contributed by atoms with Crippen LogP contribution in [0.3, 0.4) is 0 Å². The minimum atomic E-state index is -0.671. The van der Waals surface area contributed by atoms with Crippen molar-refractivity contribution >= 4 is 83.0 Å². The van der Waals surface area contributed by atoms with E-state index < -0.39 is 10.9 Å². The number of carbonyl (C=O) groups is 1. The van der Waals surface area contributed by atoms with Crippen molar-refractivity contribution in [3.05, 3.63) is 106 Å². The largest absolute Gasteiger partial charge is 0.487 e. The van der Waals surface area contributed by atoms with E-state index in [0.717, 1.165) is 10.0 Å². The number of hydrogen-bond donors (Lipinski definition) is 0. The molecular formula is C23H12Br3ClN2O5. The van der Waals surface area contributed by atoms with E-state index in [0.29, 0.717) is 26.9 Å². The first-order valence-electron chi connectivity index (χ1n) is 9.54. The fourth-order valence-corrected chi connectivity index (χ4v) is 4.91. The molecule has 0 radical (unpaired) electrons. The van der Waals surface area contributed by atoms with Crippen LogP contribution in [0.25, 0.3) is 6.08 Å². The molecule has 1 aliphatic heterocycles. The molecule has 0 saturated heterocycles. The van der Waals surface area contributed by atoms with Gasteiger partial charge in [0.25, 0.3) is 5.69 Å². The van der Waals surface area contributed by atoms with Gasteiger partial charge in [-0.3, -0.25) is 10.1 Å². The van der Waals surface area contributed by atoms with Crippen molar-refractivity contribution in [2.75, 3.05) is 0 Å². The molecule has 3 aromatic carbocycles. The predicted octanol–water partition coefficient (Wildman–Crippen LogP) is 7.46. The standard InChI is InChI=1S/C23H12Br3ClN2O5/c24-15-4-1-12(2-5-15)11-33-21-16(25)7-13(8-17(21)26)9-19-23(30)34-22(28-19)14-3-6-18(27)20(10-14)29(31)32/h1-10H,11H2/b19-9-. The van der Waals surface area contributed by atoms with Gasteiger partial charge in [0, 0.05) is 16.1 Å². The van der Waals surface area contributed by atoms with Crippen LogP contribution < -0.4 is 4.74 Å². The van der Waals surface area contributed by atoms with Crippen LogP contribution in [0.1, 0.15) is 16.7 Å². The van der Waals surface area contributed by atoms with Crippen molar-refractivity contribution in [3.63, 3.8) is 0 Å². The molecule has 0 fully saturated rings. The number of hydrogen-bond acceptors (Lipinski definition) is 6. The topological polar surface area (TPSA) is 91.0 Å². The Morgan fingerprint density at radius 1 is 1.06 bits per heavy atom. The number of rotatable bonds is 6. The first-order chi connectivity index (χ1) is 16.2. The first kappa shape index (κ1) is 24.6. The lowest BCUT2D eigenvalue weighted by Crippen LogP contribution is -2.06. The maximum Gasteiger partial charge on any atom is 0.363 e. The lowest BCUT2D eigenvalue weighted by molar-refractivity contribution is -0.384. The molecule has 0 unspecified atom stereocenters. The van der Waals surface area contributed by atoms with E-state index in [-0.39, 0.29) is 27.9 Å². The lowest BCUT2D eigenvalue weighted by Gasteiger charge is -2.11. The summed E-state index contributed by atoms with van der Waals surface area (Å²) in [7, 11) is 0. The van der Waals surface area contributed by atoms with Gasteiger partial charge in [-0.2, -0.15) is 0 Å². The van der Waals surface area contributed by atoms with Crippen molar-refractivity contribution in [1.82, 2.24) is 0 Å². The molecule has 0 spiro atoms. The third-order valence-corrected chi connectivity index (χ3v) is 6.66. The fraction of sp³-hybridized carbons (Fsp3) is 0.0435. The summed E-state index contributed by atoms with van der Waals surface area (Å²) in [6, 6.07) is 15.4. The van der Waals surface area contributed by atoms with Crippen molar-refractivity contribution in [2.24, 2.45) is 4.99 Å². The Morgan fingerprint density at radius 3 is 2.38 bits per heavy atom. The molecule has 4 rings (SSSR count). The van der Waals surface area contributed by atoms with Crippen molar-refractivity contribution < 1.29 is 19.2 Å². The molecule has 0 atom stereocenters. The SMILES string of the molecule is O=C1OC(c2ccc(Cl)c([N+](=O)[O-])c2)=N/C1=C\c1cc(Br)c(OCc2ccc(Br)cc2)c(Br)c1. The molecule has 172 valence electrons. The average molecular weight is 672 g/mol. The zero-order chi connectivity index (χ0) is 24.4. The Bertz CT molecular complexity index is 1350. The zero-order valence-electron chi connectivity index (χ0n) is 16.9. The predicted molar refractivity (Wildman–Crippen MR) is 139 cm³/mol. The highest BCUT2D eigenvalue weighted by atomic mass is 79.9. The van der Waals surface area contributed by atoms with E-state index in [1.165, 1.54) is 18.2 Å². The molecule has 0 aromatic heterocycles. The number of ether oxygens (including phenoxy) is 2. The smallest absolute Gasteiger partial charge is 0.363 e. The fourth-order valence-electron chi connectivity index (χ4n) is 3.01. The van der Waals surface area contributed by atoms with Crippen molar-refractivity contribution in [2.45, 2.75) is 6.61 Å². The Hall–Kier alpha value is -2.53. The number of aliphatic imine (C=N–C) groups is 1. The Labute approximate surface area is 224 Å². The number of nitro groups is 1. The molecule has 1 heterocycles. The third kappa shape index (κ3) is 5.57. The van der Waals surface area contributed by atoms with Crippen LogP contribution in [0.5, 0.6) is 5.75 Å². The maximum absolute atomic E-state index is 12.4. The third-order valence-electron chi connectivity index (χ3n) is 4.63. The van der Waals surface area contributed by atoms with Gasteiger partial charge in [0.1, 0.15) is 17.4 Å². The molecule has 0 N–H and O–H groups in total. The van der Waals surface area contributed by atoms with E-state index in [4.69, 9.17) is 21.1 Å². The van der Waals surface area contributed by atoms with Gasteiger partial charge < -0.3 is 9.47 Å². The van der Waals surface area contributed by atoms with Crippen molar-refractivity contribution in [1.29, 1.82) is 0 Å². The van der Waals surface area contributed by atoms with Gasteiger partial charge in [0.15, 0.2) is 5.70 Å². The minimum Gasteiger partial charge on any atom is -0.487 e. The molecule has 0 aliphatic carbocycles. The molecule has 0 saturated carbocycles. The number of halogens is 4. The summed E-state index contributed by atoms with van der Waals surface area (Å²) in [6.07, 6.45) is 1.55. The van der Waals surface area contributed by atoms with Gasteiger partial charge in [-0.25, -0.2) is 9.79 Å². The molecule has 1 aliphatic rings. The highest BCUT2D eigenvalue weighted by molar-refractivity contribution is 9.11. The van der Waals surface area contributed by atoms with E-state index in [1.807, 2.05) is 24.3 Å². The van der Waals surface area contributed by atoms with Crippen LogP contribution in [0.2, 0.25) is 5.02 Å². The molecule has 0 bridgehead atoms. The summed E-state index contributed by atoms with van der Waals surface area (Å²) in [5, 5.41) is 11.1. The van der Waals surface area contributed by atoms with Gasteiger partial charge >= 0.3 is 5.97 Å². The lowest BCUT2D eigenvalue weighted by atomic mass is 10.2. The second-order valence-corrected chi connectivity index (χ2v) is 10.0. The highest BCUT2D eigenvalue weighted by Crippen LogP contribution is 2.36. The van der Waals surface area contributed by atoms with E-state index >= 15 is 0 Å². The molecular weight excluding hydrogens is 659 g/mol.